The minimum Gasteiger partial charge on any atom is -0.444 e. The fourth-order valence-electron chi connectivity index (χ4n) is 2.75. The SMILES string of the molecule is CC(C)(C)OC(=O)N1CCC[C@@H](CS(=O)(=O)c2ccc([N+](=O)[O-])cn2)C1. The lowest BCUT2D eigenvalue weighted by atomic mass is 10.0. The number of aromatic nitrogens is 1. The van der Waals surface area contributed by atoms with Gasteiger partial charge < -0.3 is 9.64 Å². The monoisotopic (exact) mass is 385 g/mol. The van der Waals surface area contributed by atoms with E-state index < -0.39 is 26.5 Å². The van der Waals surface area contributed by atoms with Gasteiger partial charge in [0.2, 0.25) is 0 Å². The van der Waals surface area contributed by atoms with Crippen LogP contribution in [0.5, 0.6) is 0 Å². The average Bonchev–Trinajstić information content (AvgIpc) is 2.53. The van der Waals surface area contributed by atoms with E-state index in [0.29, 0.717) is 25.9 Å². The van der Waals surface area contributed by atoms with Crippen molar-refractivity contribution in [3.8, 4) is 0 Å². The molecule has 1 atom stereocenters. The molecule has 0 spiro atoms. The topological polar surface area (TPSA) is 120 Å². The van der Waals surface area contributed by atoms with Crippen molar-refractivity contribution in [3.63, 3.8) is 0 Å². The predicted octanol–water partition coefficient (Wildman–Crippen LogP) is 2.41. The first-order valence-corrected chi connectivity index (χ1v) is 9.94. The highest BCUT2D eigenvalue weighted by Crippen LogP contribution is 2.23. The van der Waals surface area contributed by atoms with Gasteiger partial charge >= 0.3 is 6.09 Å². The van der Waals surface area contributed by atoms with Gasteiger partial charge in [0.15, 0.2) is 14.9 Å². The maximum atomic E-state index is 12.5. The lowest BCUT2D eigenvalue weighted by molar-refractivity contribution is -0.385. The second-order valence-electron chi connectivity index (χ2n) is 7.33. The summed E-state index contributed by atoms with van der Waals surface area (Å²) in [6.45, 7) is 6.15. The van der Waals surface area contributed by atoms with Crippen LogP contribution < -0.4 is 0 Å². The molecule has 1 aliphatic heterocycles. The summed E-state index contributed by atoms with van der Waals surface area (Å²) in [6, 6.07) is 2.26. The first-order chi connectivity index (χ1) is 12.0. The number of sulfone groups is 1. The van der Waals surface area contributed by atoms with Gasteiger partial charge in [0.05, 0.1) is 10.7 Å². The zero-order valence-corrected chi connectivity index (χ0v) is 15.9. The number of ether oxygens (including phenoxy) is 1. The van der Waals surface area contributed by atoms with Crippen LogP contribution in [-0.2, 0) is 14.6 Å². The molecule has 1 aromatic heterocycles. The molecular weight excluding hydrogens is 362 g/mol. The molecule has 144 valence electrons. The van der Waals surface area contributed by atoms with E-state index in [4.69, 9.17) is 4.74 Å². The van der Waals surface area contributed by atoms with E-state index in [1.54, 1.807) is 20.8 Å². The van der Waals surface area contributed by atoms with E-state index >= 15 is 0 Å². The smallest absolute Gasteiger partial charge is 0.410 e. The molecule has 0 unspecified atom stereocenters. The normalized spacial score (nSPS) is 18.4. The Bertz CT molecular complexity index is 770. The van der Waals surface area contributed by atoms with Gasteiger partial charge in [-0.25, -0.2) is 18.2 Å². The van der Waals surface area contributed by atoms with Gasteiger partial charge in [0, 0.05) is 19.2 Å². The van der Waals surface area contributed by atoms with Crippen molar-refractivity contribution in [2.24, 2.45) is 5.92 Å². The van der Waals surface area contributed by atoms with Gasteiger partial charge in [-0.05, 0) is 45.6 Å². The Morgan fingerprint density at radius 2 is 2.12 bits per heavy atom. The number of carbonyl (C=O) groups is 1. The number of pyridine rings is 1. The largest absolute Gasteiger partial charge is 0.444 e. The second kappa shape index (κ2) is 7.56. The van der Waals surface area contributed by atoms with E-state index in [9.17, 15) is 23.3 Å². The average molecular weight is 385 g/mol. The zero-order chi connectivity index (χ0) is 19.5. The van der Waals surface area contributed by atoms with Crippen LogP contribution in [-0.4, -0.2) is 53.8 Å². The quantitative estimate of drug-likeness (QED) is 0.576. The Labute approximate surface area is 152 Å². The number of carbonyl (C=O) groups excluding carboxylic acids is 1. The summed E-state index contributed by atoms with van der Waals surface area (Å²) < 4.78 is 30.4. The Kier molecular flexibility index (Phi) is 5.84. The molecule has 2 heterocycles. The van der Waals surface area contributed by atoms with Gasteiger partial charge in [-0.3, -0.25) is 10.1 Å². The summed E-state index contributed by atoms with van der Waals surface area (Å²) in [5.41, 5.74) is -0.878. The number of rotatable bonds is 4. The molecule has 0 N–H and O–H groups in total. The third-order valence-corrected chi connectivity index (χ3v) is 5.67. The third kappa shape index (κ3) is 5.38. The number of nitrogens with zero attached hydrogens (tertiary/aromatic N) is 3. The zero-order valence-electron chi connectivity index (χ0n) is 15.0. The molecule has 0 aliphatic carbocycles. The van der Waals surface area contributed by atoms with Crippen molar-refractivity contribution in [3.05, 3.63) is 28.4 Å². The molecule has 0 saturated carbocycles. The van der Waals surface area contributed by atoms with Crippen molar-refractivity contribution in [2.45, 2.75) is 44.2 Å². The van der Waals surface area contributed by atoms with Crippen LogP contribution in [0, 0.1) is 16.0 Å². The Hall–Kier alpha value is -2.23. The van der Waals surface area contributed by atoms with Crippen LogP contribution in [0.4, 0.5) is 10.5 Å². The van der Waals surface area contributed by atoms with Gasteiger partial charge in [-0.1, -0.05) is 0 Å². The summed E-state index contributed by atoms with van der Waals surface area (Å²) >= 11 is 0. The van der Waals surface area contributed by atoms with E-state index in [0.717, 1.165) is 18.3 Å². The van der Waals surface area contributed by atoms with Gasteiger partial charge in [0.25, 0.3) is 5.69 Å². The van der Waals surface area contributed by atoms with Gasteiger partial charge in [0.1, 0.15) is 11.8 Å². The Balaban J connectivity index is 2.04. The molecule has 26 heavy (non-hydrogen) atoms. The highest BCUT2D eigenvalue weighted by molar-refractivity contribution is 7.91. The van der Waals surface area contributed by atoms with Crippen LogP contribution in [0.25, 0.3) is 0 Å². The van der Waals surface area contributed by atoms with E-state index in [1.807, 2.05) is 0 Å². The fourth-order valence-corrected chi connectivity index (χ4v) is 4.31. The van der Waals surface area contributed by atoms with Crippen LogP contribution in [0.1, 0.15) is 33.6 Å². The third-order valence-electron chi connectivity index (χ3n) is 3.88. The number of amides is 1. The van der Waals surface area contributed by atoms with Crippen LogP contribution in [0.2, 0.25) is 0 Å². The predicted molar refractivity (Wildman–Crippen MR) is 93.5 cm³/mol. The van der Waals surface area contributed by atoms with E-state index in [-0.39, 0.29) is 22.4 Å². The molecule has 1 amide bonds. The van der Waals surface area contributed by atoms with Crippen molar-refractivity contribution < 1.29 is 22.9 Å². The lowest BCUT2D eigenvalue weighted by Crippen LogP contribution is -2.44. The highest BCUT2D eigenvalue weighted by Gasteiger charge is 2.31. The lowest BCUT2D eigenvalue weighted by Gasteiger charge is -2.33. The number of piperidine rings is 1. The molecule has 9 nitrogen and oxygen atoms in total. The molecule has 1 saturated heterocycles. The summed E-state index contributed by atoms with van der Waals surface area (Å²) in [5.74, 6) is -0.407. The summed E-state index contributed by atoms with van der Waals surface area (Å²) in [5, 5.41) is 10.4. The van der Waals surface area contributed by atoms with Crippen molar-refractivity contribution in [2.75, 3.05) is 18.8 Å². The summed E-state index contributed by atoms with van der Waals surface area (Å²) in [6.07, 6.45) is 1.84. The Morgan fingerprint density at radius 3 is 2.65 bits per heavy atom. The first kappa shape index (κ1) is 20.1. The van der Waals surface area contributed by atoms with Crippen LogP contribution >= 0.6 is 0 Å². The molecule has 0 aromatic carbocycles. The van der Waals surface area contributed by atoms with Gasteiger partial charge in [-0.2, -0.15) is 0 Å². The molecule has 2 rings (SSSR count). The standard InChI is InChI=1S/C16H23N3O6S/c1-16(2,3)25-15(20)18-8-4-5-12(10-18)11-26(23,24)14-7-6-13(9-17-14)19(21)22/h6-7,9,12H,4-5,8,10-11H2,1-3H3/t12-/m1/s1. The van der Waals surface area contributed by atoms with Crippen LogP contribution in [0.15, 0.2) is 23.4 Å². The number of hydrogen-bond donors (Lipinski definition) is 0. The molecular formula is C16H23N3O6S. The minimum absolute atomic E-state index is 0.170. The Morgan fingerprint density at radius 1 is 1.42 bits per heavy atom. The molecule has 1 fully saturated rings. The molecule has 1 aromatic rings. The molecule has 10 heteroatoms. The first-order valence-electron chi connectivity index (χ1n) is 8.29. The number of hydrogen-bond acceptors (Lipinski definition) is 7. The number of nitro groups is 1. The van der Waals surface area contributed by atoms with Crippen molar-refractivity contribution in [1.82, 2.24) is 9.88 Å². The molecule has 0 bridgehead atoms. The fraction of sp³-hybridized carbons (Fsp3) is 0.625. The maximum Gasteiger partial charge on any atom is 0.410 e. The molecule has 0 radical (unpaired) electrons. The van der Waals surface area contributed by atoms with Gasteiger partial charge in [-0.15, -0.1) is 0 Å². The summed E-state index contributed by atoms with van der Waals surface area (Å²) in [7, 11) is -3.70. The summed E-state index contributed by atoms with van der Waals surface area (Å²) in [4.78, 5) is 27.4. The highest BCUT2D eigenvalue weighted by atomic mass is 32.2. The van der Waals surface area contributed by atoms with E-state index in [2.05, 4.69) is 4.98 Å². The maximum absolute atomic E-state index is 12.5. The second-order valence-corrected chi connectivity index (χ2v) is 9.31. The molecule has 1 aliphatic rings. The van der Waals surface area contributed by atoms with Crippen LogP contribution in [0.3, 0.4) is 0 Å². The minimum atomic E-state index is -3.70. The van der Waals surface area contributed by atoms with Crippen molar-refractivity contribution in [1.29, 1.82) is 0 Å². The van der Waals surface area contributed by atoms with E-state index in [1.165, 1.54) is 4.90 Å². The van der Waals surface area contributed by atoms with Crippen molar-refractivity contribution >= 4 is 21.6 Å². The number of likely N-dealkylation sites (tertiary alicyclic amines) is 1.